The van der Waals surface area contributed by atoms with Gasteiger partial charge < -0.3 is 14.6 Å². The van der Waals surface area contributed by atoms with Crippen LogP contribution in [0.1, 0.15) is 23.3 Å². The lowest BCUT2D eigenvalue weighted by molar-refractivity contribution is -0.128. The third-order valence-electron chi connectivity index (χ3n) is 2.71. The average molecular weight is 291 g/mol. The van der Waals surface area contributed by atoms with Crippen LogP contribution in [0, 0.1) is 0 Å². The first-order chi connectivity index (χ1) is 8.58. The minimum atomic E-state index is -0.532. The molecule has 1 saturated heterocycles. The number of carbonyl (C=O) groups excluding carboxylic acids is 2. The van der Waals surface area contributed by atoms with E-state index in [9.17, 15) is 9.59 Å². The number of halogens is 2. The van der Waals surface area contributed by atoms with E-state index in [1.54, 1.807) is 4.90 Å². The third kappa shape index (κ3) is 2.97. The number of ether oxygens (including phenoxy) is 1. The molecule has 98 valence electrons. The SMILES string of the molecule is O=C(OCCN1CCCC1=O)c1cc(Cl)c(Cl)[nH]1. The van der Waals surface area contributed by atoms with Crippen molar-refractivity contribution in [2.45, 2.75) is 12.8 Å². The van der Waals surface area contributed by atoms with Gasteiger partial charge in [0, 0.05) is 13.0 Å². The summed E-state index contributed by atoms with van der Waals surface area (Å²) in [6, 6.07) is 1.41. The topological polar surface area (TPSA) is 62.4 Å². The van der Waals surface area contributed by atoms with Gasteiger partial charge in [-0.05, 0) is 12.5 Å². The lowest BCUT2D eigenvalue weighted by Gasteiger charge is -2.14. The summed E-state index contributed by atoms with van der Waals surface area (Å²) in [5.41, 5.74) is 0.206. The van der Waals surface area contributed by atoms with Gasteiger partial charge in [0.25, 0.3) is 0 Å². The Morgan fingerprint density at radius 3 is 2.83 bits per heavy atom. The zero-order valence-electron chi connectivity index (χ0n) is 9.54. The van der Waals surface area contributed by atoms with Crippen LogP contribution in [0.4, 0.5) is 0 Å². The molecule has 18 heavy (non-hydrogen) atoms. The maximum Gasteiger partial charge on any atom is 0.354 e. The Hall–Kier alpha value is -1.20. The molecule has 0 atom stereocenters. The average Bonchev–Trinajstić information content (AvgIpc) is 2.87. The number of hydrogen-bond donors (Lipinski definition) is 1. The smallest absolute Gasteiger partial charge is 0.354 e. The molecule has 0 aromatic carbocycles. The van der Waals surface area contributed by atoms with E-state index in [1.807, 2.05) is 0 Å². The molecular formula is C11H12Cl2N2O3. The Labute approximate surface area is 114 Å². The Morgan fingerprint density at radius 1 is 1.50 bits per heavy atom. The van der Waals surface area contributed by atoms with E-state index in [4.69, 9.17) is 27.9 Å². The number of nitrogens with zero attached hydrogens (tertiary/aromatic N) is 1. The van der Waals surface area contributed by atoms with E-state index in [-0.39, 0.29) is 28.4 Å². The van der Waals surface area contributed by atoms with E-state index in [2.05, 4.69) is 4.98 Å². The minimum absolute atomic E-state index is 0.108. The highest BCUT2D eigenvalue weighted by Crippen LogP contribution is 2.22. The Bertz CT molecular complexity index is 453. The van der Waals surface area contributed by atoms with Gasteiger partial charge in [0.1, 0.15) is 17.5 Å². The van der Waals surface area contributed by atoms with Crippen molar-refractivity contribution in [2.75, 3.05) is 19.7 Å². The van der Waals surface area contributed by atoms with Crippen LogP contribution in [-0.2, 0) is 9.53 Å². The van der Waals surface area contributed by atoms with Gasteiger partial charge in [0.05, 0.1) is 11.6 Å². The molecule has 1 amide bonds. The van der Waals surface area contributed by atoms with Gasteiger partial charge in [-0.3, -0.25) is 4.79 Å². The maximum atomic E-state index is 11.6. The van der Waals surface area contributed by atoms with Crippen LogP contribution < -0.4 is 0 Å². The van der Waals surface area contributed by atoms with Crippen LogP contribution in [0.3, 0.4) is 0 Å². The first-order valence-electron chi connectivity index (χ1n) is 5.57. The quantitative estimate of drug-likeness (QED) is 0.864. The molecule has 2 rings (SSSR count). The number of nitrogens with one attached hydrogen (secondary N) is 1. The van der Waals surface area contributed by atoms with E-state index >= 15 is 0 Å². The Kier molecular flexibility index (Phi) is 4.14. The number of esters is 1. The molecule has 0 unspecified atom stereocenters. The molecule has 1 aliphatic rings. The molecule has 7 heteroatoms. The van der Waals surface area contributed by atoms with Crippen molar-refractivity contribution in [3.63, 3.8) is 0 Å². The Morgan fingerprint density at radius 2 is 2.28 bits per heavy atom. The van der Waals surface area contributed by atoms with Crippen molar-refractivity contribution in [1.29, 1.82) is 0 Å². The molecular weight excluding hydrogens is 279 g/mol. The summed E-state index contributed by atoms with van der Waals surface area (Å²) >= 11 is 11.4. The zero-order valence-corrected chi connectivity index (χ0v) is 11.1. The van der Waals surface area contributed by atoms with Gasteiger partial charge in [0.2, 0.25) is 5.91 Å². The highest BCUT2D eigenvalue weighted by Gasteiger charge is 2.20. The fourth-order valence-corrected chi connectivity index (χ4v) is 2.09. The number of aromatic amines is 1. The van der Waals surface area contributed by atoms with Gasteiger partial charge >= 0.3 is 5.97 Å². The number of aromatic nitrogens is 1. The monoisotopic (exact) mass is 290 g/mol. The van der Waals surface area contributed by atoms with Crippen molar-refractivity contribution in [1.82, 2.24) is 9.88 Å². The van der Waals surface area contributed by atoms with Gasteiger partial charge in [0.15, 0.2) is 0 Å². The van der Waals surface area contributed by atoms with E-state index in [0.717, 1.165) is 13.0 Å². The van der Waals surface area contributed by atoms with Gasteiger partial charge in [-0.2, -0.15) is 0 Å². The highest BCUT2D eigenvalue weighted by molar-refractivity contribution is 6.41. The largest absolute Gasteiger partial charge is 0.459 e. The fourth-order valence-electron chi connectivity index (χ4n) is 1.78. The Balaban J connectivity index is 1.80. The first kappa shape index (κ1) is 13.2. The lowest BCUT2D eigenvalue weighted by Crippen LogP contribution is -2.29. The van der Waals surface area contributed by atoms with E-state index in [0.29, 0.717) is 13.0 Å². The molecule has 1 fully saturated rings. The molecule has 0 saturated carbocycles. The lowest BCUT2D eigenvalue weighted by atomic mass is 10.4. The zero-order chi connectivity index (χ0) is 13.1. The molecule has 0 bridgehead atoms. The highest BCUT2D eigenvalue weighted by atomic mass is 35.5. The summed E-state index contributed by atoms with van der Waals surface area (Å²) in [6.07, 6.45) is 1.45. The minimum Gasteiger partial charge on any atom is -0.459 e. The normalized spacial score (nSPS) is 15.2. The maximum absolute atomic E-state index is 11.6. The predicted octanol–water partition coefficient (Wildman–Crippen LogP) is 2.10. The number of hydrogen-bond acceptors (Lipinski definition) is 3. The summed E-state index contributed by atoms with van der Waals surface area (Å²) in [5, 5.41) is 0.483. The number of likely N-dealkylation sites (tertiary alicyclic amines) is 1. The number of H-pyrrole nitrogens is 1. The third-order valence-corrected chi connectivity index (χ3v) is 3.40. The summed E-state index contributed by atoms with van der Waals surface area (Å²) in [6.45, 7) is 1.32. The molecule has 1 N–H and O–H groups in total. The van der Waals surface area contributed by atoms with Crippen molar-refractivity contribution in [2.24, 2.45) is 0 Å². The summed E-state index contributed by atoms with van der Waals surface area (Å²) < 4.78 is 5.03. The van der Waals surface area contributed by atoms with Crippen molar-refractivity contribution < 1.29 is 14.3 Å². The van der Waals surface area contributed by atoms with Gasteiger partial charge in [-0.25, -0.2) is 4.79 Å². The first-order valence-corrected chi connectivity index (χ1v) is 6.32. The van der Waals surface area contributed by atoms with Crippen molar-refractivity contribution in [3.05, 3.63) is 21.9 Å². The summed E-state index contributed by atoms with van der Waals surface area (Å²) in [7, 11) is 0. The standard InChI is InChI=1S/C11H12Cl2N2O3/c12-7-6-8(14-10(7)13)11(17)18-5-4-15-3-1-2-9(15)16/h6,14H,1-5H2. The summed E-state index contributed by atoms with van der Waals surface area (Å²) in [4.78, 5) is 27.2. The van der Waals surface area contributed by atoms with E-state index < -0.39 is 5.97 Å². The molecule has 0 radical (unpaired) electrons. The van der Waals surface area contributed by atoms with Crippen LogP contribution in [0.25, 0.3) is 0 Å². The molecule has 1 aromatic heterocycles. The fraction of sp³-hybridized carbons (Fsp3) is 0.455. The van der Waals surface area contributed by atoms with Crippen LogP contribution in [-0.4, -0.2) is 41.5 Å². The number of amides is 1. The van der Waals surface area contributed by atoms with Gasteiger partial charge in [-0.1, -0.05) is 23.2 Å². The molecule has 0 aliphatic carbocycles. The second kappa shape index (κ2) is 5.63. The molecule has 2 heterocycles. The van der Waals surface area contributed by atoms with Crippen LogP contribution in [0.5, 0.6) is 0 Å². The van der Waals surface area contributed by atoms with Crippen molar-refractivity contribution in [3.8, 4) is 0 Å². The summed E-state index contributed by atoms with van der Waals surface area (Å²) in [5.74, 6) is -0.424. The van der Waals surface area contributed by atoms with E-state index in [1.165, 1.54) is 6.07 Å². The molecule has 1 aromatic rings. The predicted molar refractivity (Wildman–Crippen MR) is 66.9 cm³/mol. The number of carbonyl (C=O) groups is 2. The molecule has 5 nitrogen and oxygen atoms in total. The van der Waals surface area contributed by atoms with Gasteiger partial charge in [-0.15, -0.1) is 0 Å². The van der Waals surface area contributed by atoms with Crippen LogP contribution in [0.2, 0.25) is 10.2 Å². The van der Waals surface area contributed by atoms with Crippen LogP contribution in [0.15, 0.2) is 6.07 Å². The van der Waals surface area contributed by atoms with Crippen LogP contribution >= 0.6 is 23.2 Å². The second-order valence-corrected chi connectivity index (χ2v) is 4.75. The molecule has 0 spiro atoms. The van der Waals surface area contributed by atoms with Crippen molar-refractivity contribution >= 4 is 35.1 Å². The number of rotatable bonds is 4. The second-order valence-electron chi connectivity index (χ2n) is 3.97. The molecule has 1 aliphatic heterocycles.